The second-order valence-corrected chi connectivity index (χ2v) is 6.67. The lowest BCUT2D eigenvalue weighted by atomic mass is 10.0. The van der Waals surface area contributed by atoms with Crippen molar-refractivity contribution in [2.45, 2.75) is 6.04 Å². The van der Waals surface area contributed by atoms with Gasteiger partial charge in [0.1, 0.15) is 0 Å². The van der Waals surface area contributed by atoms with Crippen molar-refractivity contribution in [2.24, 2.45) is 0 Å². The van der Waals surface area contributed by atoms with Crippen LogP contribution in [0.3, 0.4) is 0 Å². The summed E-state index contributed by atoms with van der Waals surface area (Å²) in [6, 6.07) is 24.0. The van der Waals surface area contributed by atoms with Gasteiger partial charge >= 0.3 is 0 Å². The van der Waals surface area contributed by atoms with Crippen LogP contribution in [0.4, 0.5) is 5.69 Å². The van der Waals surface area contributed by atoms with Gasteiger partial charge in [0.15, 0.2) is 0 Å². The molecule has 27 heavy (non-hydrogen) atoms. The van der Waals surface area contributed by atoms with E-state index in [0.29, 0.717) is 16.3 Å². The summed E-state index contributed by atoms with van der Waals surface area (Å²) in [6.07, 6.45) is 3.87. The van der Waals surface area contributed by atoms with E-state index in [9.17, 15) is 9.59 Å². The van der Waals surface area contributed by atoms with Gasteiger partial charge in [-0.25, -0.2) is 0 Å². The molecule has 1 heterocycles. The standard InChI is InChI=1S/C23H16ClNO2/c24-19-13-7-12-18-21(19)25(23(27)22(18)26)20(17-10-5-2-6-11-17)15-14-16-8-3-1-4-9-16/h1-15,20H/b15-14+/t20-/m0/s1. The van der Waals surface area contributed by atoms with E-state index in [1.165, 1.54) is 4.90 Å². The lowest BCUT2D eigenvalue weighted by Crippen LogP contribution is -2.33. The van der Waals surface area contributed by atoms with E-state index in [4.69, 9.17) is 11.6 Å². The third-order valence-corrected chi connectivity index (χ3v) is 4.88. The molecular formula is C23H16ClNO2. The lowest BCUT2D eigenvalue weighted by molar-refractivity contribution is -0.114. The molecule has 0 aliphatic carbocycles. The first-order valence-electron chi connectivity index (χ1n) is 8.61. The van der Waals surface area contributed by atoms with Crippen LogP contribution in [0.1, 0.15) is 27.5 Å². The fourth-order valence-electron chi connectivity index (χ4n) is 3.30. The Kier molecular flexibility index (Phi) is 4.61. The molecule has 0 spiro atoms. The van der Waals surface area contributed by atoms with Gasteiger partial charge in [0, 0.05) is 0 Å². The van der Waals surface area contributed by atoms with E-state index in [1.54, 1.807) is 18.2 Å². The first-order valence-corrected chi connectivity index (χ1v) is 8.99. The van der Waals surface area contributed by atoms with Gasteiger partial charge < -0.3 is 0 Å². The normalized spacial score (nSPS) is 14.6. The van der Waals surface area contributed by atoms with Crippen molar-refractivity contribution in [3.05, 3.63) is 107 Å². The largest absolute Gasteiger partial charge is 0.300 e. The SMILES string of the molecule is O=C1C(=O)N([C@@H](/C=C/c2ccccc2)c2ccccc2)c2c(Cl)cccc21. The van der Waals surface area contributed by atoms with Crippen molar-refractivity contribution in [3.63, 3.8) is 0 Å². The van der Waals surface area contributed by atoms with Crippen LogP contribution in [0.15, 0.2) is 84.9 Å². The van der Waals surface area contributed by atoms with Gasteiger partial charge in [0.05, 0.1) is 22.3 Å². The van der Waals surface area contributed by atoms with Gasteiger partial charge in [0.2, 0.25) is 0 Å². The number of carbonyl (C=O) groups excluding carboxylic acids is 2. The fraction of sp³-hybridized carbons (Fsp3) is 0.0435. The van der Waals surface area contributed by atoms with Gasteiger partial charge in [-0.05, 0) is 23.3 Å². The van der Waals surface area contributed by atoms with Crippen LogP contribution < -0.4 is 4.90 Å². The lowest BCUT2D eigenvalue weighted by Gasteiger charge is -2.26. The summed E-state index contributed by atoms with van der Waals surface area (Å²) in [5.74, 6) is -1.09. The molecule has 0 saturated heterocycles. The van der Waals surface area contributed by atoms with Crippen molar-refractivity contribution in [2.75, 3.05) is 4.90 Å². The highest BCUT2D eigenvalue weighted by molar-refractivity contribution is 6.54. The van der Waals surface area contributed by atoms with Crippen LogP contribution in [0, 0.1) is 0 Å². The van der Waals surface area contributed by atoms with E-state index in [-0.39, 0.29) is 0 Å². The maximum atomic E-state index is 12.8. The Morgan fingerprint density at radius 1 is 0.815 bits per heavy atom. The van der Waals surface area contributed by atoms with E-state index in [0.717, 1.165) is 11.1 Å². The van der Waals surface area contributed by atoms with Gasteiger partial charge in [-0.1, -0.05) is 90.5 Å². The predicted octanol–water partition coefficient (Wildman–Crippen LogP) is 5.32. The third-order valence-electron chi connectivity index (χ3n) is 4.58. The Morgan fingerprint density at radius 2 is 1.48 bits per heavy atom. The molecule has 1 aliphatic rings. The van der Waals surface area contributed by atoms with E-state index < -0.39 is 17.7 Å². The molecule has 3 nitrogen and oxygen atoms in total. The molecule has 1 atom stereocenters. The first-order chi connectivity index (χ1) is 13.2. The summed E-state index contributed by atoms with van der Waals surface area (Å²) in [5.41, 5.74) is 2.73. The maximum absolute atomic E-state index is 12.8. The number of ketones is 1. The minimum Gasteiger partial charge on any atom is -0.292 e. The molecule has 0 fully saturated rings. The Hall–Kier alpha value is -3.17. The number of para-hydroxylation sites is 1. The molecule has 132 valence electrons. The number of hydrogen-bond donors (Lipinski definition) is 0. The molecule has 0 N–H and O–H groups in total. The summed E-state index contributed by atoms with van der Waals surface area (Å²) in [4.78, 5) is 26.8. The minimum atomic E-state index is -0.565. The van der Waals surface area contributed by atoms with Crippen LogP contribution in [0.25, 0.3) is 6.08 Å². The van der Waals surface area contributed by atoms with Crippen LogP contribution >= 0.6 is 11.6 Å². The van der Waals surface area contributed by atoms with E-state index in [1.807, 2.05) is 72.8 Å². The zero-order valence-electron chi connectivity index (χ0n) is 14.4. The molecule has 0 bridgehead atoms. The van der Waals surface area contributed by atoms with Crippen LogP contribution in [-0.2, 0) is 4.79 Å². The highest BCUT2D eigenvalue weighted by Gasteiger charge is 2.40. The van der Waals surface area contributed by atoms with E-state index >= 15 is 0 Å². The number of fused-ring (bicyclic) bond motifs is 1. The molecule has 3 aromatic rings. The molecule has 1 aliphatic heterocycles. The van der Waals surface area contributed by atoms with Gasteiger partial charge in [0.25, 0.3) is 11.7 Å². The molecular weight excluding hydrogens is 358 g/mol. The number of benzene rings is 3. The smallest absolute Gasteiger partial charge is 0.292 e. The second kappa shape index (κ2) is 7.22. The van der Waals surface area contributed by atoms with Crippen molar-refractivity contribution >= 4 is 35.1 Å². The number of rotatable bonds is 4. The highest BCUT2D eigenvalue weighted by atomic mass is 35.5. The molecule has 1 amide bonds. The number of nitrogens with zero attached hydrogens (tertiary/aromatic N) is 1. The Bertz CT molecular complexity index is 1030. The first kappa shape index (κ1) is 17.3. The topological polar surface area (TPSA) is 37.4 Å². The summed E-state index contributed by atoms with van der Waals surface area (Å²) in [6.45, 7) is 0. The molecule has 4 heteroatoms. The van der Waals surface area contributed by atoms with Crippen molar-refractivity contribution in [3.8, 4) is 0 Å². The predicted molar refractivity (Wildman–Crippen MR) is 108 cm³/mol. The monoisotopic (exact) mass is 373 g/mol. The molecule has 0 aromatic heterocycles. The Labute approximate surface area is 162 Å². The third kappa shape index (κ3) is 3.18. The van der Waals surface area contributed by atoms with Gasteiger partial charge in [-0.15, -0.1) is 0 Å². The zero-order chi connectivity index (χ0) is 18.8. The highest BCUT2D eigenvalue weighted by Crippen LogP contribution is 2.41. The summed E-state index contributed by atoms with van der Waals surface area (Å²) in [7, 11) is 0. The van der Waals surface area contributed by atoms with Crippen molar-refractivity contribution in [1.82, 2.24) is 0 Å². The van der Waals surface area contributed by atoms with Crippen LogP contribution in [0.2, 0.25) is 5.02 Å². The van der Waals surface area contributed by atoms with Gasteiger partial charge in [-0.3, -0.25) is 14.5 Å². The number of amides is 1. The second-order valence-electron chi connectivity index (χ2n) is 6.27. The number of Topliss-reactive ketones (excluding diaryl/α,β-unsaturated/α-hetero) is 1. The quantitative estimate of drug-likeness (QED) is 0.580. The van der Waals surface area contributed by atoms with E-state index in [2.05, 4.69) is 0 Å². The number of anilines is 1. The maximum Gasteiger partial charge on any atom is 0.300 e. The minimum absolute atomic E-state index is 0.349. The zero-order valence-corrected chi connectivity index (χ0v) is 15.1. The molecule has 0 saturated carbocycles. The van der Waals surface area contributed by atoms with Crippen LogP contribution in [0.5, 0.6) is 0 Å². The number of carbonyl (C=O) groups is 2. The summed E-state index contributed by atoms with van der Waals surface area (Å²) >= 11 is 6.37. The van der Waals surface area contributed by atoms with Crippen molar-refractivity contribution < 1.29 is 9.59 Å². The van der Waals surface area contributed by atoms with Crippen molar-refractivity contribution in [1.29, 1.82) is 0 Å². The molecule has 3 aromatic carbocycles. The number of halogens is 1. The number of hydrogen-bond acceptors (Lipinski definition) is 2. The van der Waals surface area contributed by atoms with Crippen LogP contribution in [-0.4, -0.2) is 11.7 Å². The van der Waals surface area contributed by atoms with Gasteiger partial charge in [-0.2, -0.15) is 0 Å². The summed E-state index contributed by atoms with van der Waals surface area (Å²) in [5, 5.41) is 0.390. The summed E-state index contributed by atoms with van der Waals surface area (Å²) < 4.78 is 0. The Morgan fingerprint density at radius 3 is 2.19 bits per heavy atom. The Balaban J connectivity index is 1.84. The molecule has 0 radical (unpaired) electrons. The fourth-order valence-corrected chi connectivity index (χ4v) is 3.56. The average molecular weight is 374 g/mol. The average Bonchev–Trinajstić information content (AvgIpc) is 2.96. The molecule has 0 unspecified atom stereocenters. The molecule has 4 rings (SSSR count).